The van der Waals surface area contributed by atoms with Gasteiger partial charge in [0.2, 0.25) is 0 Å². The second kappa shape index (κ2) is 3.30. The van der Waals surface area contributed by atoms with Crippen molar-refractivity contribution >= 4 is 5.82 Å². The zero-order chi connectivity index (χ0) is 9.26. The molecule has 1 aliphatic rings. The van der Waals surface area contributed by atoms with E-state index in [-0.39, 0.29) is 0 Å². The molecule has 1 fully saturated rings. The van der Waals surface area contributed by atoms with Crippen LogP contribution in [-0.4, -0.2) is 23.1 Å². The summed E-state index contributed by atoms with van der Waals surface area (Å²) >= 11 is 0. The fourth-order valence-corrected chi connectivity index (χ4v) is 1.31. The number of aromatic nitrogens is 2. The highest BCUT2D eigenvalue weighted by Crippen LogP contribution is 2.28. The van der Waals surface area contributed by atoms with Crippen molar-refractivity contribution in [3.05, 3.63) is 18.1 Å². The summed E-state index contributed by atoms with van der Waals surface area (Å²) in [6, 6.07) is 0.669. The molecule has 2 N–H and O–H groups in total. The summed E-state index contributed by atoms with van der Waals surface area (Å²) in [6.07, 6.45) is 6.04. The van der Waals surface area contributed by atoms with Crippen LogP contribution in [0.5, 0.6) is 0 Å². The lowest BCUT2D eigenvalue weighted by Crippen LogP contribution is -2.21. The lowest BCUT2D eigenvalue weighted by atomic mass is 10.4. The Morgan fingerprint density at radius 1 is 1.54 bits per heavy atom. The van der Waals surface area contributed by atoms with Crippen LogP contribution >= 0.6 is 0 Å². The van der Waals surface area contributed by atoms with E-state index in [0.717, 1.165) is 11.5 Å². The monoisotopic (exact) mass is 178 g/mol. The number of rotatable bonds is 3. The smallest absolute Gasteiger partial charge is 0.147 e. The standard InChI is InChI=1S/C9H14N4/c1-13(8-2-3-8)9-6-11-5-7(4-10)12-9/h5-6,8H,2-4,10H2,1H3. The molecule has 70 valence electrons. The Kier molecular flexibility index (Phi) is 2.14. The first kappa shape index (κ1) is 8.44. The third-order valence-corrected chi connectivity index (χ3v) is 2.34. The number of nitrogens with zero attached hydrogens (tertiary/aromatic N) is 3. The molecule has 0 amide bonds. The maximum Gasteiger partial charge on any atom is 0.147 e. The van der Waals surface area contributed by atoms with Crippen molar-refractivity contribution in [1.82, 2.24) is 9.97 Å². The van der Waals surface area contributed by atoms with Gasteiger partial charge in [0.1, 0.15) is 5.82 Å². The van der Waals surface area contributed by atoms with Crippen LogP contribution in [0.2, 0.25) is 0 Å². The first-order valence-electron chi connectivity index (χ1n) is 4.55. The molecule has 0 bridgehead atoms. The summed E-state index contributed by atoms with van der Waals surface area (Å²) in [6.45, 7) is 0.458. The van der Waals surface area contributed by atoms with E-state index >= 15 is 0 Å². The maximum absolute atomic E-state index is 5.49. The van der Waals surface area contributed by atoms with Crippen LogP contribution in [0, 0.1) is 0 Å². The van der Waals surface area contributed by atoms with Gasteiger partial charge in [0.15, 0.2) is 0 Å². The topological polar surface area (TPSA) is 55.0 Å². The first-order valence-corrected chi connectivity index (χ1v) is 4.55. The van der Waals surface area contributed by atoms with Gasteiger partial charge in [-0.15, -0.1) is 0 Å². The largest absolute Gasteiger partial charge is 0.355 e. The molecule has 1 heterocycles. The van der Waals surface area contributed by atoms with Crippen molar-refractivity contribution in [3.8, 4) is 0 Å². The number of nitrogens with two attached hydrogens (primary N) is 1. The van der Waals surface area contributed by atoms with E-state index in [2.05, 4.69) is 21.9 Å². The summed E-state index contributed by atoms with van der Waals surface area (Å²) in [5.74, 6) is 0.936. The Hall–Kier alpha value is -1.16. The van der Waals surface area contributed by atoms with Crippen molar-refractivity contribution in [3.63, 3.8) is 0 Å². The van der Waals surface area contributed by atoms with Gasteiger partial charge in [0, 0.05) is 25.8 Å². The van der Waals surface area contributed by atoms with Gasteiger partial charge in [0.25, 0.3) is 0 Å². The molecule has 0 unspecified atom stereocenters. The van der Waals surface area contributed by atoms with Gasteiger partial charge in [-0.1, -0.05) is 0 Å². The summed E-state index contributed by atoms with van der Waals surface area (Å²) in [7, 11) is 2.06. The van der Waals surface area contributed by atoms with E-state index in [1.807, 2.05) is 0 Å². The number of hydrogen-bond acceptors (Lipinski definition) is 4. The summed E-state index contributed by atoms with van der Waals surface area (Å²) in [4.78, 5) is 10.7. The van der Waals surface area contributed by atoms with Gasteiger partial charge >= 0.3 is 0 Å². The molecule has 1 aromatic heterocycles. The van der Waals surface area contributed by atoms with Crippen LogP contribution in [0.1, 0.15) is 18.5 Å². The lowest BCUT2D eigenvalue weighted by Gasteiger charge is -2.16. The predicted molar refractivity (Wildman–Crippen MR) is 51.3 cm³/mol. The zero-order valence-corrected chi connectivity index (χ0v) is 7.77. The molecule has 1 saturated carbocycles. The quantitative estimate of drug-likeness (QED) is 0.733. The Bertz CT molecular complexity index is 295. The maximum atomic E-state index is 5.49. The predicted octanol–water partition coefficient (Wildman–Crippen LogP) is 0.534. The molecular formula is C9H14N4. The highest BCUT2D eigenvalue weighted by atomic mass is 15.2. The van der Waals surface area contributed by atoms with Crippen molar-refractivity contribution in [2.75, 3.05) is 11.9 Å². The molecule has 0 spiro atoms. The Balaban J connectivity index is 2.18. The Labute approximate surface area is 77.8 Å². The summed E-state index contributed by atoms with van der Waals surface area (Å²) in [5.41, 5.74) is 6.34. The van der Waals surface area contributed by atoms with Crippen LogP contribution < -0.4 is 10.6 Å². The molecule has 4 heteroatoms. The van der Waals surface area contributed by atoms with Crippen molar-refractivity contribution < 1.29 is 0 Å². The summed E-state index contributed by atoms with van der Waals surface area (Å²) in [5, 5.41) is 0. The molecule has 0 atom stereocenters. The van der Waals surface area contributed by atoms with Crippen LogP contribution in [0.15, 0.2) is 12.4 Å². The molecule has 1 aliphatic carbocycles. The van der Waals surface area contributed by atoms with E-state index in [1.165, 1.54) is 12.8 Å². The SMILES string of the molecule is CN(c1cncc(CN)n1)C1CC1. The Morgan fingerprint density at radius 2 is 2.31 bits per heavy atom. The van der Waals surface area contributed by atoms with E-state index in [0.29, 0.717) is 12.6 Å². The average molecular weight is 178 g/mol. The lowest BCUT2D eigenvalue weighted by molar-refractivity contribution is 0.860. The average Bonchev–Trinajstić information content (AvgIpc) is 3.00. The number of anilines is 1. The van der Waals surface area contributed by atoms with Gasteiger partial charge in [-0.05, 0) is 12.8 Å². The molecular weight excluding hydrogens is 164 g/mol. The minimum atomic E-state index is 0.458. The minimum Gasteiger partial charge on any atom is -0.355 e. The fourth-order valence-electron chi connectivity index (χ4n) is 1.31. The highest BCUT2D eigenvalue weighted by Gasteiger charge is 2.27. The van der Waals surface area contributed by atoms with Crippen LogP contribution in [0.4, 0.5) is 5.82 Å². The zero-order valence-electron chi connectivity index (χ0n) is 7.77. The second-order valence-corrected chi connectivity index (χ2v) is 3.41. The molecule has 4 nitrogen and oxygen atoms in total. The number of hydrogen-bond donors (Lipinski definition) is 1. The molecule has 0 radical (unpaired) electrons. The van der Waals surface area contributed by atoms with Gasteiger partial charge in [-0.3, -0.25) is 4.98 Å². The van der Waals surface area contributed by atoms with Crippen LogP contribution in [-0.2, 0) is 6.54 Å². The molecule has 0 aromatic carbocycles. The van der Waals surface area contributed by atoms with Crippen molar-refractivity contribution in [1.29, 1.82) is 0 Å². The first-order chi connectivity index (χ1) is 6.31. The Morgan fingerprint density at radius 3 is 2.92 bits per heavy atom. The minimum absolute atomic E-state index is 0.458. The molecule has 13 heavy (non-hydrogen) atoms. The van der Waals surface area contributed by atoms with E-state index < -0.39 is 0 Å². The molecule has 0 aliphatic heterocycles. The van der Waals surface area contributed by atoms with Crippen molar-refractivity contribution in [2.24, 2.45) is 5.73 Å². The van der Waals surface area contributed by atoms with Crippen LogP contribution in [0.3, 0.4) is 0 Å². The normalized spacial score (nSPS) is 15.8. The van der Waals surface area contributed by atoms with Crippen molar-refractivity contribution in [2.45, 2.75) is 25.4 Å². The van der Waals surface area contributed by atoms with Gasteiger partial charge in [-0.2, -0.15) is 0 Å². The third kappa shape index (κ3) is 1.78. The van der Waals surface area contributed by atoms with E-state index in [4.69, 9.17) is 5.73 Å². The van der Waals surface area contributed by atoms with E-state index in [9.17, 15) is 0 Å². The molecule has 0 saturated heterocycles. The molecule has 2 rings (SSSR count). The van der Waals surface area contributed by atoms with Gasteiger partial charge in [-0.25, -0.2) is 4.98 Å². The highest BCUT2D eigenvalue weighted by molar-refractivity contribution is 5.38. The van der Waals surface area contributed by atoms with Crippen LogP contribution in [0.25, 0.3) is 0 Å². The van der Waals surface area contributed by atoms with Gasteiger partial charge < -0.3 is 10.6 Å². The fraction of sp³-hybridized carbons (Fsp3) is 0.556. The van der Waals surface area contributed by atoms with E-state index in [1.54, 1.807) is 12.4 Å². The third-order valence-electron chi connectivity index (χ3n) is 2.34. The summed E-state index contributed by atoms with van der Waals surface area (Å²) < 4.78 is 0. The molecule has 1 aromatic rings. The second-order valence-electron chi connectivity index (χ2n) is 3.41. The van der Waals surface area contributed by atoms with Gasteiger partial charge in [0.05, 0.1) is 11.9 Å².